The molecule has 1 N–H and O–H groups in total. The highest BCUT2D eigenvalue weighted by molar-refractivity contribution is 7.12. The topological polar surface area (TPSA) is 59.9 Å². The summed E-state index contributed by atoms with van der Waals surface area (Å²) in [4.78, 5) is 16.6. The third-order valence-electron chi connectivity index (χ3n) is 2.62. The Balaban J connectivity index is 1.88. The minimum atomic E-state index is -0.196. The number of nitrogens with one attached hydrogen (secondary N) is 1. The van der Waals surface area contributed by atoms with Crippen LogP contribution in [-0.2, 0) is 9.47 Å². The Morgan fingerprint density at radius 2 is 2.61 bits per heavy atom. The smallest absolute Gasteiger partial charge is 0.291 e. The van der Waals surface area contributed by atoms with Crippen LogP contribution in [0.3, 0.4) is 0 Å². The first kappa shape index (κ1) is 13.0. The fourth-order valence-electron chi connectivity index (χ4n) is 1.69. The Bertz CT molecular complexity index is 411. The van der Waals surface area contributed by atoms with Crippen LogP contribution < -0.4 is 5.32 Å². The number of hydrogen-bond donors (Lipinski definition) is 1. The van der Waals surface area contributed by atoms with Gasteiger partial charge in [0.1, 0.15) is 0 Å². The Morgan fingerprint density at radius 1 is 1.72 bits per heavy atom. The predicted octanol–water partition coefficient (Wildman–Crippen LogP) is 1.66. The maximum absolute atomic E-state index is 11.8. The van der Waals surface area contributed by atoms with Gasteiger partial charge in [0.05, 0.1) is 24.6 Å². The maximum Gasteiger partial charge on any atom is 0.291 e. The number of aliphatic imine (C=N–C) groups is 1. The van der Waals surface area contributed by atoms with Crippen molar-refractivity contribution in [1.29, 1.82) is 0 Å². The van der Waals surface area contributed by atoms with E-state index in [-0.39, 0.29) is 18.0 Å². The number of carbonyl (C=O) groups is 1. The van der Waals surface area contributed by atoms with Crippen molar-refractivity contribution in [1.82, 2.24) is 5.32 Å². The lowest BCUT2D eigenvalue weighted by Crippen LogP contribution is -2.32. The van der Waals surface area contributed by atoms with E-state index in [1.165, 1.54) is 18.4 Å². The molecule has 1 aliphatic heterocycles. The van der Waals surface area contributed by atoms with E-state index in [1.54, 1.807) is 6.07 Å². The van der Waals surface area contributed by atoms with Gasteiger partial charge < -0.3 is 9.47 Å². The Hall–Kier alpha value is -1.40. The van der Waals surface area contributed by atoms with Crippen LogP contribution in [0.5, 0.6) is 0 Å². The molecule has 0 aliphatic carbocycles. The monoisotopic (exact) mass is 268 g/mol. The van der Waals surface area contributed by atoms with Crippen LogP contribution in [0.1, 0.15) is 22.5 Å². The lowest BCUT2D eigenvalue weighted by Gasteiger charge is -2.08. The van der Waals surface area contributed by atoms with Gasteiger partial charge in [0, 0.05) is 6.61 Å². The first-order valence-corrected chi connectivity index (χ1v) is 6.72. The van der Waals surface area contributed by atoms with Crippen LogP contribution in [0.4, 0.5) is 0 Å². The molecule has 2 heterocycles. The van der Waals surface area contributed by atoms with E-state index in [9.17, 15) is 4.79 Å². The third kappa shape index (κ3) is 3.54. The van der Waals surface area contributed by atoms with Crippen molar-refractivity contribution in [2.45, 2.75) is 18.9 Å². The van der Waals surface area contributed by atoms with Gasteiger partial charge in [0.2, 0.25) is 0 Å². The largest absolute Gasteiger partial charge is 0.468 e. The van der Waals surface area contributed by atoms with Crippen molar-refractivity contribution >= 4 is 23.3 Å². The lowest BCUT2D eigenvalue weighted by atomic mass is 10.2. The molecule has 1 unspecified atom stereocenters. The zero-order chi connectivity index (χ0) is 12.8. The molecule has 0 bridgehead atoms. The van der Waals surface area contributed by atoms with E-state index in [1.807, 2.05) is 11.4 Å². The molecule has 1 aliphatic rings. The summed E-state index contributed by atoms with van der Waals surface area (Å²) in [5.41, 5.74) is 0. The van der Waals surface area contributed by atoms with Gasteiger partial charge in [-0.05, 0) is 24.3 Å². The number of ether oxygens (including phenoxy) is 2. The van der Waals surface area contributed by atoms with Crippen LogP contribution in [0.25, 0.3) is 0 Å². The summed E-state index contributed by atoms with van der Waals surface area (Å²) in [6.07, 6.45) is 2.23. The average molecular weight is 268 g/mol. The molecule has 1 saturated heterocycles. The molecule has 0 saturated carbocycles. The van der Waals surface area contributed by atoms with Gasteiger partial charge >= 0.3 is 0 Å². The molecule has 1 aromatic rings. The lowest BCUT2D eigenvalue weighted by molar-refractivity contribution is 0.0970. The number of rotatable bonds is 3. The van der Waals surface area contributed by atoms with Crippen molar-refractivity contribution in [3.8, 4) is 0 Å². The Labute approximate surface area is 110 Å². The second-order valence-electron chi connectivity index (χ2n) is 3.92. The maximum atomic E-state index is 11.8. The molecule has 1 aromatic heterocycles. The molecular formula is C12H16N2O3S. The molecule has 5 nitrogen and oxygen atoms in total. The zero-order valence-electron chi connectivity index (χ0n) is 10.2. The highest BCUT2D eigenvalue weighted by atomic mass is 32.1. The fourth-order valence-corrected chi connectivity index (χ4v) is 2.31. The molecule has 1 atom stereocenters. The van der Waals surface area contributed by atoms with Crippen molar-refractivity contribution in [2.75, 3.05) is 20.3 Å². The highest BCUT2D eigenvalue weighted by Gasteiger charge is 2.16. The molecule has 1 amide bonds. The summed E-state index contributed by atoms with van der Waals surface area (Å²) < 4.78 is 10.5. The van der Waals surface area contributed by atoms with Crippen molar-refractivity contribution in [2.24, 2.45) is 4.99 Å². The van der Waals surface area contributed by atoms with E-state index < -0.39 is 0 Å². The van der Waals surface area contributed by atoms with Crippen LogP contribution in [0.2, 0.25) is 0 Å². The summed E-state index contributed by atoms with van der Waals surface area (Å²) in [5.74, 6) is -0.196. The highest BCUT2D eigenvalue weighted by Crippen LogP contribution is 2.12. The van der Waals surface area contributed by atoms with Crippen molar-refractivity contribution in [3.05, 3.63) is 22.4 Å². The fraction of sp³-hybridized carbons (Fsp3) is 0.500. The summed E-state index contributed by atoms with van der Waals surface area (Å²) in [6, 6.07) is 3.83. The van der Waals surface area contributed by atoms with Crippen LogP contribution in [-0.4, -0.2) is 38.3 Å². The first-order chi connectivity index (χ1) is 8.79. The van der Waals surface area contributed by atoms with Gasteiger partial charge in [0.15, 0.2) is 0 Å². The summed E-state index contributed by atoms with van der Waals surface area (Å²) in [6.45, 7) is 1.32. The van der Waals surface area contributed by atoms with E-state index in [2.05, 4.69) is 10.3 Å². The quantitative estimate of drug-likeness (QED) is 0.670. The molecule has 0 spiro atoms. The minimum absolute atomic E-state index is 0.147. The summed E-state index contributed by atoms with van der Waals surface area (Å²) in [5, 5.41) is 4.49. The molecule has 2 rings (SSSR count). The van der Waals surface area contributed by atoms with Gasteiger partial charge in [-0.3, -0.25) is 10.1 Å². The third-order valence-corrected chi connectivity index (χ3v) is 3.49. The zero-order valence-corrected chi connectivity index (χ0v) is 11.0. The average Bonchev–Trinajstić information content (AvgIpc) is 3.05. The molecule has 0 aromatic carbocycles. The number of methoxy groups -OCH3 is 1. The van der Waals surface area contributed by atoms with Gasteiger partial charge in [-0.1, -0.05) is 6.07 Å². The normalized spacial score (nSPS) is 19.8. The van der Waals surface area contributed by atoms with E-state index in [0.717, 1.165) is 19.4 Å². The molecule has 6 heteroatoms. The van der Waals surface area contributed by atoms with Crippen molar-refractivity contribution < 1.29 is 14.3 Å². The number of thiophene rings is 1. The molecular weight excluding hydrogens is 252 g/mol. The number of amides is 1. The van der Waals surface area contributed by atoms with Crippen molar-refractivity contribution in [3.63, 3.8) is 0 Å². The first-order valence-electron chi connectivity index (χ1n) is 5.84. The predicted molar refractivity (Wildman–Crippen MR) is 70.1 cm³/mol. The van der Waals surface area contributed by atoms with E-state index in [4.69, 9.17) is 9.47 Å². The summed E-state index contributed by atoms with van der Waals surface area (Å²) in [7, 11) is 1.49. The number of hydrogen-bond acceptors (Lipinski definition) is 5. The Morgan fingerprint density at radius 3 is 3.22 bits per heavy atom. The van der Waals surface area contributed by atoms with E-state index in [0.29, 0.717) is 11.4 Å². The van der Waals surface area contributed by atoms with Gasteiger partial charge in [-0.2, -0.15) is 0 Å². The molecule has 98 valence electrons. The van der Waals surface area contributed by atoms with Gasteiger partial charge in [-0.25, -0.2) is 4.99 Å². The number of carbonyl (C=O) groups excluding carboxylic acids is 1. The van der Waals surface area contributed by atoms with Gasteiger partial charge in [0.25, 0.3) is 11.9 Å². The molecule has 18 heavy (non-hydrogen) atoms. The standard InChI is InChI=1S/C12H16N2O3S/c1-16-12(13-8-9-4-2-6-17-9)14-11(15)10-5-3-7-18-10/h3,5,7,9H,2,4,6,8H2,1H3,(H,13,14,15). The SMILES string of the molecule is COC(=NCC1CCCO1)NC(=O)c1cccs1. The molecule has 1 fully saturated rings. The number of amidine groups is 1. The Kier molecular flexibility index (Phi) is 4.72. The second-order valence-corrected chi connectivity index (χ2v) is 4.86. The molecule has 0 radical (unpaired) electrons. The number of nitrogens with zero attached hydrogens (tertiary/aromatic N) is 1. The second kappa shape index (κ2) is 6.51. The van der Waals surface area contributed by atoms with Gasteiger partial charge in [-0.15, -0.1) is 11.3 Å². The van der Waals surface area contributed by atoms with Crippen LogP contribution in [0, 0.1) is 0 Å². The van der Waals surface area contributed by atoms with Crippen LogP contribution >= 0.6 is 11.3 Å². The minimum Gasteiger partial charge on any atom is -0.468 e. The van der Waals surface area contributed by atoms with E-state index >= 15 is 0 Å². The van der Waals surface area contributed by atoms with Crippen LogP contribution in [0.15, 0.2) is 22.5 Å². The summed E-state index contributed by atoms with van der Waals surface area (Å²) >= 11 is 1.38.